The lowest BCUT2D eigenvalue weighted by Crippen LogP contribution is -2.41. The van der Waals surface area contributed by atoms with Crippen molar-refractivity contribution in [3.8, 4) is 17.2 Å². The normalized spacial score (nSPS) is 11.9. The summed E-state index contributed by atoms with van der Waals surface area (Å²) in [6.07, 6.45) is 1.68. The van der Waals surface area contributed by atoms with Gasteiger partial charge < -0.3 is 19.5 Å². The highest BCUT2D eigenvalue weighted by molar-refractivity contribution is 7.92. The molecule has 1 amide bonds. The first-order chi connectivity index (χ1) is 17.2. The number of rotatable bonds is 12. The topological polar surface area (TPSA) is 94.2 Å². The van der Waals surface area contributed by atoms with Crippen molar-refractivity contribution in [3.05, 3.63) is 83.9 Å². The molecule has 1 N–H and O–H groups in total. The van der Waals surface area contributed by atoms with Gasteiger partial charge in [0.05, 0.1) is 32.2 Å². The van der Waals surface area contributed by atoms with Crippen LogP contribution in [0.2, 0.25) is 0 Å². The monoisotopic (exact) mass is 512 g/mol. The third-order valence-corrected chi connectivity index (χ3v) is 6.75. The number of hydrogen-bond donors (Lipinski definition) is 1. The summed E-state index contributed by atoms with van der Waals surface area (Å²) in [6.45, 7) is 1.98. The molecule has 192 valence electrons. The van der Waals surface area contributed by atoms with Gasteiger partial charge in [0.25, 0.3) is 0 Å². The van der Waals surface area contributed by atoms with E-state index in [2.05, 4.69) is 5.32 Å². The Morgan fingerprint density at radius 1 is 0.944 bits per heavy atom. The number of nitrogens with zero attached hydrogens (tertiary/aromatic N) is 1. The number of methoxy groups -OCH3 is 2. The average Bonchev–Trinajstić information content (AvgIpc) is 2.89. The van der Waals surface area contributed by atoms with Crippen molar-refractivity contribution in [2.45, 2.75) is 26.0 Å². The van der Waals surface area contributed by atoms with E-state index in [9.17, 15) is 13.2 Å². The molecule has 0 aliphatic heterocycles. The van der Waals surface area contributed by atoms with Crippen molar-refractivity contribution in [2.75, 3.05) is 31.3 Å². The molecule has 0 aliphatic carbocycles. The van der Waals surface area contributed by atoms with Crippen LogP contribution in [0.15, 0.2) is 72.8 Å². The van der Waals surface area contributed by atoms with Crippen LogP contribution in [0.1, 0.15) is 30.5 Å². The molecule has 0 saturated carbocycles. The van der Waals surface area contributed by atoms with E-state index in [-0.39, 0.29) is 12.6 Å². The molecular weight excluding hydrogens is 480 g/mol. The van der Waals surface area contributed by atoms with Crippen LogP contribution in [0.3, 0.4) is 0 Å². The van der Waals surface area contributed by atoms with Gasteiger partial charge in [0.15, 0.2) is 11.5 Å². The second-order valence-corrected chi connectivity index (χ2v) is 10.1. The van der Waals surface area contributed by atoms with Crippen LogP contribution in [0.4, 0.5) is 5.69 Å². The van der Waals surface area contributed by atoms with Crippen LogP contribution in [0, 0.1) is 0 Å². The second-order valence-electron chi connectivity index (χ2n) is 8.18. The van der Waals surface area contributed by atoms with Gasteiger partial charge >= 0.3 is 0 Å². The zero-order valence-corrected chi connectivity index (χ0v) is 21.7. The van der Waals surface area contributed by atoms with Gasteiger partial charge in [-0.25, -0.2) is 8.42 Å². The summed E-state index contributed by atoms with van der Waals surface area (Å²) in [5.41, 5.74) is 2.23. The van der Waals surface area contributed by atoms with E-state index in [1.807, 2.05) is 43.3 Å². The molecule has 3 aromatic rings. The first-order valence-corrected chi connectivity index (χ1v) is 13.4. The first-order valence-electron chi connectivity index (χ1n) is 11.5. The molecule has 0 saturated heterocycles. The Hall–Kier alpha value is -3.72. The maximum Gasteiger partial charge on any atom is 0.241 e. The summed E-state index contributed by atoms with van der Waals surface area (Å²) >= 11 is 0. The Balaban J connectivity index is 1.70. The SMILES string of the molecule is CCC(NC(=O)CN(c1ccc(OCc2ccccc2)cc1)S(C)(=O)=O)c1ccc(OC)c(OC)c1. The predicted octanol–water partition coefficient (Wildman–Crippen LogP) is 4.32. The van der Waals surface area contributed by atoms with Gasteiger partial charge in [-0.3, -0.25) is 9.10 Å². The number of sulfonamides is 1. The van der Waals surface area contributed by atoms with Crippen LogP contribution < -0.4 is 23.8 Å². The third kappa shape index (κ3) is 7.14. The van der Waals surface area contributed by atoms with Gasteiger partial charge in [-0.2, -0.15) is 0 Å². The molecule has 0 radical (unpaired) electrons. The molecule has 8 nitrogen and oxygen atoms in total. The molecule has 3 aromatic carbocycles. The standard InChI is InChI=1S/C27H32N2O6S/c1-5-24(21-11-16-25(33-2)26(17-21)34-3)28-27(30)18-29(36(4,31)32)22-12-14-23(15-13-22)35-19-20-9-7-6-8-10-20/h6-17,24H,5,18-19H2,1-4H3,(H,28,30). The molecule has 1 atom stereocenters. The van der Waals surface area contributed by atoms with E-state index in [0.29, 0.717) is 36.0 Å². The molecule has 0 aromatic heterocycles. The Labute approximate surface area is 212 Å². The van der Waals surface area contributed by atoms with Crippen molar-refractivity contribution in [1.82, 2.24) is 5.32 Å². The lowest BCUT2D eigenvalue weighted by molar-refractivity contribution is -0.120. The summed E-state index contributed by atoms with van der Waals surface area (Å²) in [6, 6.07) is 21.4. The van der Waals surface area contributed by atoms with Crippen LogP contribution in [0.5, 0.6) is 17.2 Å². The molecule has 9 heteroatoms. The minimum Gasteiger partial charge on any atom is -0.493 e. The Morgan fingerprint density at radius 2 is 1.61 bits per heavy atom. The van der Waals surface area contributed by atoms with Crippen LogP contribution in [-0.4, -0.2) is 41.3 Å². The first kappa shape index (κ1) is 26.9. The lowest BCUT2D eigenvalue weighted by Gasteiger charge is -2.24. The van der Waals surface area contributed by atoms with Crippen LogP contribution in [-0.2, 0) is 21.4 Å². The fourth-order valence-corrected chi connectivity index (χ4v) is 4.57. The largest absolute Gasteiger partial charge is 0.493 e. The van der Waals surface area contributed by atoms with E-state index in [1.165, 1.54) is 0 Å². The zero-order chi connectivity index (χ0) is 26.1. The van der Waals surface area contributed by atoms with Gasteiger partial charge in [0, 0.05) is 0 Å². The Kier molecular flexibility index (Phi) is 9.19. The van der Waals surface area contributed by atoms with Gasteiger partial charge in [-0.15, -0.1) is 0 Å². The fraction of sp³-hybridized carbons (Fsp3) is 0.296. The smallest absolute Gasteiger partial charge is 0.241 e. The third-order valence-electron chi connectivity index (χ3n) is 5.61. The van der Waals surface area contributed by atoms with Gasteiger partial charge in [0.1, 0.15) is 18.9 Å². The Bertz CT molecular complexity index is 1250. The summed E-state index contributed by atoms with van der Waals surface area (Å²) in [5, 5.41) is 2.93. The second kappa shape index (κ2) is 12.3. The van der Waals surface area contributed by atoms with E-state index >= 15 is 0 Å². The molecule has 0 bridgehead atoms. The van der Waals surface area contributed by atoms with Gasteiger partial charge in [0.2, 0.25) is 15.9 Å². The van der Waals surface area contributed by atoms with Crippen molar-refractivity contribution >= 4 is 21.6 Å². The summed E-state index contributed by atoms with van der Waals surface area (Å²) in [5.74, 6) is 1.31. The minimum absolute atomic E-state index is 0.326. The molecule has 0 fully saturated rings. The summed E-state index contributed by atoms with van der Waals surface area (Å²) in [4.78, 5) is 12.9. The lowest BCUT2D eigenvalue weighted by atomic mass is 10.0. The maximum atomic E-state index is 12.9. The number of anilines is 1. The Morgan fingerprint density at radius 3 is 2.19 bits per heavy atom. The van der Waals surface area contributed by atoms with Crippen molar-refractivity contribution in [1.29, 1.82) is 0 Å². The maximum absolute atomic E-state index is 12.9. The van der Waals surface area contributed by atoms with Crippen molar-refractivity contribution in [3.63, 3.8) is 0 Å². The highest BCUT2D eigenvalue weighted by Gasteiger charge is 2.23. The highest BCUT2D eigenvalue weighted by atomic mass is 32.2. The molecule has 0 aliphatic rings. The number of carbonyl (C=O) groups is 1. The van der Waals surface area contributed by atoms with E-state index in [4.69, 9.17) is 14.2 Å². The predicted molar refractivity (Wildman–Crippen MR) is 140 cm³/mol. The number of hydrogen-bond acceptors (Lipinski definition) is 6. The highest BCUT2D eigenvalue weighted by Crippen LogP contribution is 2.31. The van der Waals surface area contributed by atoms with E-state index < -0.39 is 15.9 Å². The molecule has 0 spiro atoms. The fourth-order valence-electron chi connectivity index (χ4n) is 3.71. The van der Waals surface area contributed by atoms with Crippen molar-refractivity contribution < 1.29 is 27.4 Å². The summed E-state index contributed by atoms with van der Waals surface area (Å²) in [7, 11) is -0.614. The minimum atomic E-state index is -3.71. The zero-order valence-electron chi connectivity index (χ0n) is 20.9. The van der Waals surface area contributed by atoms with Gasteiger partial charge in [-0.05, 0) is 53.9 Å². The summed E-state index contributed by atoms with van der Waals surface area (Å²) < 4.78 is 42.5. The van der Waals surface area contributed by atoms with Crippen LogP contribution in [0.25, 0.3) is 0 Å². The number of nitrogens with one attached hydrogen (secondary N) is 1. The number of carbonyl (C=O) groups excluding carboxylic acids is 1. The van der Waals surface area contributed by atoms with Crippen LogP contribution >= 0.6 is 0 Å². The molecule has 0 heterocycles. The number of ether oxygens (including phenoxy) is 3. The van der Waals surface area contributed by atoms with E-state index in [0.717, 1.165) is 21.7 Å². The number of benzene rings is 3. The molecule has 1 unspecified atom stereocenters. The van der Waals surface area contributed by atoms with E-state index in [1.54, 1.807) is 50.6 Å². The molecule has 3 rings (SSSR count). The molecular formula is C27H32N2O6S. The van der Waals surface area contributed by atoms with Gasteiger partial charge in [-0.1, -0.05) is 43.3 Å². The average molecular weight is 513 g/mol. The number of amides is 1. The quantitative estimate of drug-likeness (QED) is 0.389. The molecule has 36 heavy (non-hydrogen) atoms. The van der Waals surface area contributed by atoms with Crippen molar-refractivity contribution in [2.24, 2.45) is 0 Å².